The first kappa shape index (κ1) is 19.3. The second kappa shape index (κ2) is 8.55. The number of benzene rings is 3. The van der Waals surface area contributed by atoms with Gasteiger partial charge < -0.3 is 9.30 Å². The fraction of sp³-hybridized carbons (Fsp3) is 0.0909. The molecule has 0 spiro atoms. The molecule has 5 nitrogen and oxygen atoms in total. The molecule has 1 heterocycles. The summed E-state index contributed by atoms with van der Waals surface area (Å²) in [4.78, 5) is 4.54. The first-order valence-corrected chi connectivity index (χ1v) is 9.73. The lowest BCUT2D eigenvalue weighted by Crippen LogP contribution is -2.01. The smallest absolute Gasteiger partial charge is 0.224 e. The number of aryl methyl sites for hydroxylation is 1. The minimum absolute atomic E-state index is 0.390. The number of nitrogens with one attached hydrogen (secondary N) is 1. The van der Waals surface area contributed by atoms with Gasteiger partial charge in [-0.1, -0.05) is 47.5 Å². The molecule has 0 aliphatic rings. The van der Waals surface area contributed by atoms with E-state index in [4.69, 9.17) is 27.9 Å². The quantitative estimate of drug-likeness (QED) is 0.309. The van der Waals surface area contributed by atoms with Crippen LogP contribution in [0.25, 0.3) is 11.0 Å². The number of anilines is 1. The van der Waals surface area contributed by atoms with Crippen LogP contribution in [0.4, 0.5) is 5.95 Å². The zero-order valence-electron chi connectivity index (χ0n) is 15.6. The summed E-state index contributed by atoms with van der Waals surface area (Å²) in [5.74, 6) is 1.32. The maximum absolute atomic E-state index is 6.16. The zero-order chi connectivity index (χ0) is 20.2. The van der Waals surface area contributed by atoms with Crippen LogP contribution in [0.5, 0.6) is 5.75 Å². The number of hydrogen-bond donors (Lipinski definition) is 1. The van der Waals surface area contributed by atoms with E-state index in [0.29, 0.717) is 28.3 Å². The van der Waals surface area contributed by atoms with Crippen molar-refractivity contribution >= 4 is 46.4 Å². The third kappa shape index (κ3) is 4.53. The predicted octanol–water partition coefficient (Wildman–Crippen LogP) is 5.91. The molecule has 4 aromatic rings. The highest BCUT2D eigenvalue weighted by Crippen LogP contribution is 2.23. The van der Waals surface area contributed by atoms with Gasteiger partial charge in [-0.3, -0.25) is 0 Å². The standard InChI is InChI=1S/C22H18Cl2N4O/c1-28-20-8-3-2-7-19(20)26-22(28)27-25-13-16-12-18(24)9-10-21(16)29-14-15-5-4-6-17(23)11-15/h2-13H,14H2,1H3,(H,26,27)/b25-13-. The molecule has 4 rings (SSSR count). The number of aromatic nitrogens is 2. The normalized spacial score (nSPS) is 11.3. The Morgan fingerprint density at radius 2 is 1.86 bits per heavy atom. The van der Waals surface area contributed by atoms with Gasteiger partial charge in [0.25, 0.3) is 0 Å². The van der Waals surface area contributed by atoms with Crippen LogP contribution in [0.2, 0.25) is 10.0 Å². The van der Waals surface area contributed by atoms with E-state index in [0.717, 1.165) is 22.2 Å². The minimum atomic E-state index is 0.390. The van der Waals surface area contributed by atoms with Gasteiger partial charge in [0.1, 0.15) is 12.4 Å². The van der Waals surface area contributed by atoms with Gasteiger partial charge in [-0.25, -0.2) is 10.4 Å². The summed E-state index contributed by atoms with van der Waals surface area (Å²) in [6.45, 7) is 0.390. The maximum atomic E-state index is 6.16. The molecular formula is C22H18Cl2N4O. The van der Waals surface area contributed by atoms with Crippen LogP contribution in [-0.2, 0) is 13.7 Å². The number of halogens is 2. The van der Waals surface area contributed by atoms with Crippen LogP contribution in [-0.4, -0.2) is 15.8 Å². The molecule has 29 heavy (non-hydrogen) atoms. The highest BCUT2D eigenvalue weighted by Gasteiger charge is 2.07. The van der Waals surface area contributed by atoms with E-state index >= 15 is 0 Å². The molecule has 0 amide bonds. The van der Waals surface area contributed by atoms with Crippen molar-refractivity contribution in [2.75, 3.05) is 5.43 Å². The molecule has 0 saturated carbocycles. The molecule has 7 heteroatoms. The first-order valence-electron chi connectivity index (χ1n) is 8.97. The molecule has 0 radical (unpaired) electrons. The SMILES string of the molecule is Cn1c(N/N=C\c2cc(Cl)ccc2OCc2cccc(Cl)c2)nc2ccccc21. The Hall–Kier alpha value is -3.02. The van der Waals surface area contributed by atoms with Crippen molar-refractivity contribution in [3.63, 3.8) is 0 Å². The molecule has 0 atom stereocenters. The average Bonchev–Trinajstić information content (AvgIpc) is 3.03. The summed E-state index contributed by atoms with van der Waals surface area (Å²) >= 11 is 12.2. The Labute approximate surface area is 178 Å². The first-order chi connectivity index (χ1) is 14.1. The second-order valence-corrected chi connectivity index (χ2v) is 7.33. The summed E-state index contributed by atoms with van der Waals surface area (Å²) < 4.78 is 7.90. The third-order valence-electron chi connectivity index (χ3n) is 4.41. The summed E-state index contributed by atoms with van der Waals surface area (Å²) in [7, 11) is 1.94. The Morgan fingerprint density at radius 3 is 2.69 bits per heavy atom. The van der Waals surface area contributed by atoms with Gasteiger partial charge in [0.15, 0.2) is 0 Å². The number of imidazole rings is 1. The fourth-order valence-corrected chi connectivity index (χ4v) is 3.34. The van der Waals surface area contributed by atoms with E-state index in [1.54, 1.807) is 18.3 Å². The third-order valence-corrected chi connectivity index (χ3v) is 4.88. The van der Waals surface area contributed by atoms with Gasteiger partial charge >= 0.3 is 0 Å². The van der Waals surface area contributed by atoms with Crippen molar-refractivity contribution in [3.8, 4) is 5.75 Å². The Bertz CT molecular complexity index is 1190. The van der Waals surface area contributed by atoms with Crippen LogP contribution in [0, 0.1) is 0 Å². The summed E-state index contributed by atoms with van der Waals surface area (Å²) in [6, 6.07) is 20.9. The van der Waals surface area contributed by atoms with E-state index in [9.17, 15) is 0 Å². The lowest BCUT2D eigenvalue weighted by atomic mass is 10.2. The summed E-state index contributed by atoms with van der Waals surface area (Å²) in [5.41, 5.74) is 6.65. The number of hydrogen-bond acceptors (Lipinski definition) is 4. The largest absolute Gasteiger partial charge is 0.488 e. The summed E-state index contributed by atoms with van der Waals surface area (Å²) in [5, 5.41) is 5.60. The number of para-hydroxylation sites is 2. The Morgan fingerprint density at radius 1 is 1.03 bits per heavy atom. The van der Waals surface area contributed by atoms with Gasteiger partial charge in [-0.2, -0.15) is 5.10 Å². The lowest BCUT2D eigenvalue weighted by molar-refractivity contribution is 0.306. The van der Waals surface area contributed by atoms with E-state index in [1.807, 2.05) is 66.2 Å². The minimum Gasteiger partial charge on any atom is -0.488 e. The van der Waals surface area contributed by atoms with Crippen molar-refractivity contribution in [3.05, 3.63) is 87.9 Å². The summed E-state index contributed by atoms with van der Waals surface area (Å²) in [6.07, 6.45) is 1.67. The van der Waals surface area contributed by atoms with Crippen molar-refractivity contribution in [1.29, 1.82) is 0 Å². The van der Waals surface area contributed by atoms with Gasteiger partial charge in [0, 0.05) is 22.7 Å². The molecule has 0 aliphatic heterocycles. The number of ether oxygens (including phenoxy) is 1. The van der Waals surface area contributed by atoms with E-state index < -0.39 is 0 Å². The van der Waals surface area contributed by atoms with Gasteiger partial charge in [-0.05, 0) is 48.0 Å². The topological polar surface area (TPSA) is 51.4 Å². The van der Waals surface area contributed by atoms with Crippen LogP contribution in [0.1, 0.15) is 11.1 Å². The number of hydrazone groups is 1. The van der Waals surface area contributed by atoms with Crippen LogP contribution in [0.3, 0.4) is 0 Å². The van der Waals surface area contributed by atoms with Gasteiger partial charge in [-0.15, -0.1) is 0 Å². The number of fused-ring (bicyclic) bond motifs is 1. The average molecular weight is 425 g/mol. The van der Waals surface area contributed by atoms with E-state index in [-0.39, 0.29) is 0 Å². The Balaban J connectivity index is 1.51. The maximum Gasteiger partial charge on any atom is 0.224 e. The molecule has 3 aromatic carbocycles. The lowest BCUT2D eigenvalue weighted by Gasteiger charge is -2.10. The molecule has 0 unspecified atom stereocenters. The van der Waals surface area contributed by atoms with Gasteiger partial charge in [0.05, 0.1) is 17.2 Å². The Kier molecular flexibility index (Phi) is 5.69. The molecule has 1 aromatic heterocycles. The molecule has 1 N–H and O–H groups in total. The molecule has 0 bridgehead atoms. The predicted molar refractivity (Wildman–Crippen MR) is 119 cm³/mol. The van der Waals surface area contributed by atoms with E-state index in [2.05, 4.69) is 15.5 Å². The molecule has 146 valence electrons. The molecule has 0 fully saturated rings. The van der Waals surface area contributed by atoms with Crippen LogP contribution < -0.4 is 10.2 Å². The highest BCUT2D eigenvalue weighted by atomic mass is 35.5. The van der Waals surface area contributed by atoms with Crippen LogP contribution >= 0.6 is 23.2 Å². The van der Waals surface area contributed by atoms with Crippen LogP contribution in [0.15, 0.2) is 71.8 Å². The molecular weight excluding hydrogens is 407 g/mol. The molecule has 0 aliphatic carbocycles. The van der Waals surface area contributed by atoms with Crippen molar-refractivity contribution < 1.29 is 4.74 Å². The monoisotopic (exact) mass is 424 g/mol. The number of rotatable bonds is 6. The zero-order valence-corrected chi connectivity index (χ0v) is 17.2. The van der Waals surface area contributed by atoms with Crippen molar-refractivity contribution in [2.45, 2.75) is 6.61 Å². The van der Waals surface area contributed by atoms with Crippen molar-refractivity contribution in [2.24, 2.45) is 12.1 Å². The molecule has 0 saturated heterocycles. The fourth-order valence-electron chi connectivity index (χ4n) is 2.94. The second-order valence-electron chi connectivity index (χ2n) is 6.45. The van der Waals surface area contributed by atoms with E-state index in [1.165, 1.54) is 0 Å². The number of nitrogens with zero attached hydrogens (tertiary/aromatic N) is 3. The highest BCUT2D eigenvalue weighted by molar-refractivity contribution is 6.31. The van der Waals surface area contributed by atoms with Crippen molar-refractivity contribution in [1.82, 2.24) is 9.55 Å². The van der Waals surface area contributed by atoms with Gasteiger partial charge in [0.2, 0.25) is 5.95 Å².